The third-order valence-corrected chi connectivity index (χ3v) is 5.44. The van der Waals surface area contributed by atoms with Crippen LogP contribution >= 0.6 is 0 Å². The monoisotopic (exact) mass is 413 g/mol. The van der Waals surface area contributed by atoms with Gasteiger partial charge in [-0.1, -0.05) is 18.2 Å². The van der Waals surface area contributed by atoms with Crippen molar-refractivity contribution in [2.24, 2.45) is 0 Å². The number of anilines is 1. The van der Waals surface area contributed by atoms with Crippen molar-refractivity contribution in [1.82, 2.24) is 9.78 Å². The first-order valence-electron chi connectivity index (χ1n) is 10.1. The van der Waals surface area contributed by atoms with Crippen LogP contribution in [0.4, 0.5) is 18.9 Å². The van der Waals surface area contributed by atoms with Crippen molar-refractivity contribution in [2.75, 3.05) is 11.4 Å². The number of hydrogen-bond acceptors (Lipinski definition) is 2. The predicted molar refractivity (Wildman–Crippen MR) is 109 cm³/mol. The number of aromatic nitrogens is 2. The Labute approximate surface area is 172 Å². The molecule has 1 aromatic heterocycles. The van der Waals surface area contributed by atoms with Crippen LogP contribution in [0.2, 0.25) is 0 Å². The lowest BCUT2D eigenvalue weighted by atomic mass is 9.95. The van der Waals surface area contributed by atoms with E-state index >= 15 is 0 Å². The van der Waals surface area contributed by atoms with Gasteiger partial charge in [0.25, 0.3) is 5.91 Å². The van der Waals surface area contributed by atoms with E-state index in [9.17, 15) is 18.0 Å². The van der Waals surface area contributed by atoms with Crippen LogP contribution in [0, 0.1) is 0 Å². The number of halogens is 3. The van der Waals surface area contributed by atoms with Crippen LogP contribution in [-0.4, -0.2) is 22.2 Å². The van der Waals surface area contributed by atoms with E-state index in [4.69, 9.17) is 0 Å². The molecule has 0 bridgehead atoms. The fraction of sp³-hybridized carbons (Fsp3) is 0.304. The molecule has 0 atom stereocenters. The number of carbonyl (C=O) groups excluding carboxylic acids is 1. The summed E-state index contributed by atoms with van der Waals surface area (Å²) >= 11 is 0. The Bertz CT molecular complexity index is 1040. The van der Waals surface area contributed by atoms with Crippen LogP contribution in [-0.2, 0) is 19.0 Å². The highest BCUT2D eigenvalue weighted by molar-refractivity contribution is 6.06. The van der Waals surface area contributed by atoms with Gasteiger partial charge in [-0.2, -0.15) is 18.3 Å². The summed E-state index contributed by atoms with van der Waals surface area (Å²) in [6.07, 6.45) is -1.93. The van der Waals surface area contributed by atoms with Crippen LogP contribution in [0.15, 0.2) is 54.6 Å². The SMILES string of the molecule is CCN(C(=O)c1ccc(-n2nc(C(F)(F)F)c3c2CCCC3)cc1)c1ccccc1. The van der Waals surface area contributed by atoms with Gasteiger partial charge in [-0.3, -0.25) is 4.79 Å². The number of para-hydroxylation sites is 1. The minimum Gasteiger partial charge on any atom is -0.309 e. The second kappa shape index (κ2) is 7.97. The van der Waals surface area contributed by atoms with E-state index in [1.54, 1.807) is 29.2 Å². The molecular weight excluding hydrogens is 391 g/mol. The summed E-state index contributed by atoms with van der Waals surface area (Å²) in [4.78, 5) is 14.6. The van der Waals surface area contributed by atoms with E-state index in [0.717, 1.165) is 18.5 Å². The lowest BCUT2D eigenvalue weighted by Crippen LogP contribution is -2.30. The highest BCUT2D eigenvalue weighted by Gasteiger charge is 2.39. The molecule has 7 heteroatoms. The van der Waals surface area contributed by atoms with Crippen molar-refractivity contribution < 1.29 is 18.0 Å². The molecule has 0 N–H and O–H groups in total. The first-order valence-corrected chi connectivity index (χ1v) is 10.1. The lowest BCUT2D eigenvalue weighted by molar-refractivity contribution is -0.142. The molecule has 1 amide bonds. The summed E-state index contributed by atoms with van der Waals surface area (Å²) < 4.78 is 41.7. The van der Waals surface area contributed by atoms with Crippen LogP contribution < -0.4 is 4.90 Å². The summed E-state index contributed by atoms with van der Waals surface area (Å²) in [6, 6.07) is 16.0. The number of benzene rings is 2. The van der Waals surface area contributed by atoms with E-state index in [-0.39, 0.29) is 5.91 Å². The van der Waals surface area contributed by atoms with E-state index in [2.05, 4.69) is 5.10 Å². The minimum absolute atomic E-state index is 0.159. The average Bonchev–Trinajstić information content (AvgIpc) is 3.15. The summed E-state index contributed by atoms with van der Waals surface area (Å²) in [7, 11) is 0. The number of nitrogens with zero attached hydrogens (tertiary/aromatic N) is 3. The quantitative estimate of drug-likeness (QED) is 0.572. The molecule has 30 heavy (non-hydrogen) atoms. The van der Waals surface area contributed by atoms with Crippen molar-refractivity contribution in [2.45, 2.75) is 38.8 Å². The molecule has 1 aliphatic carbocycles. The van der Waals surface area contributed by atoms with Gasteiger partial charge in [0.05, 0.1) is 5.69 Å². The largest absolute Gasteiger partial charge is 0.435 e. The molecule has 0 aliphatic heterocycles. The zero-order valence-corrected chi connectivity index (χ0v) is 16.6. The highest BCUT2D eigenvalue weighted by Crippen LogP contribution is 2.36. The summed E-state index contributed by atoms with van der Waals surface area (Å²) in [5, 5.41) is 3.90. The van der Waals surface area contributed by atoms with E-state index in [1.807, 2.05) is 37.3 Å². The number of alkyl halides is 3. The molecule has 0 saturated carbocycles. The summed E-state index contributed by atoms with van der Waals surface area (Å²) in [5.41, 5.74) is 1.93. The molecule has 156 valence electrons. The number of amides is 1. The van der Waals surface area contributed by atoms with Gasteiger partial charge >= 0.3 is 6.18 Å². The fourth-order valence-corrected chi connectivity index (χ4v) is 3.99. The third kappa shape index (κ3) is 3.72. The minimum atomic E-state index is -4.47. The molecule has 2 aromatic carbocycles. The third-order valence-electron chi connectivity index (χ3n) is 5.44. The second-order valence-corrected chi connectivity index (χ2v) is 7.32. The van der Waals surface area contributed by atoms with Crippen molar-refractivity contribution >= 4 is 11.6 Å². The number of fused-ring (bicyclic) bond motifs is 1. The van der Waals surface area contributed by atoms with Gasteiger partial charge in [0.1, 0.15) is 0 Å². The van der Waals surface area contributed by atoms with Crippen LogP contribution in [0.3, 0.4) is 0 Å². The van der Waals surface area contributed by atoms with Gasteiger partial charge in [-0.25, -0.2) is 4.68 Å². The molecule has 0 unspecified atom stereocenters. The lowest BCUT2D eigenvalue weighted by Gasteiger charge is -2.21. The molecule has 3 aromatic rings. The Balaban J connectivity index is 1.66. The van der Waals surface area contributed by atoms with Gasteiger partial charge in [-0.15, -0.1) is 0 Å². The maximum Gasteiger partial charge on any atom is 0.435 e. The van der Waals surface area contributed by atoms with Crippen molar-refractivity contribution in [3.8, 4) is 5.69 Å². The van der Waals surface area contributed by atoms with E-state index in [1.165, 1.54) is 4.68 Å². The van der Waals surface area contributed by atoms with Gasteiger partial charge < -0.3 is 4.90 Å². The van der Waals surface area contributed by atoms with Gasteiger partial charge in [0.2, 0.25) is 0 Å². The Morgan fingerprint density at radius 3 is 2.33 bits per heavy atom. The van der Waals surface area contributed by atoms with Crippen LogP contribution in [0.5, 0.6) is 0 Å². The van der Waals surface area contributed by atoms with Crippen molar-refractivity contribution in [3.63, 3.8) is 0 Å². The van der Waals surface area contributed by atoms with Crippen molar-refractivity contribution in [3.05, 3.63) is 77.1 Å². The topological polar surface area (TPSA) is 38.1 Å². The predicted octanol–water partition coefficient (Wildman–Crippen LogP) is 5.44. The van der Waals surface area contributed by atoms with Crippen molar-refractivity contribution in [1.29, 1.82) is 0 Å². The molecule has 0 fully saturated rings. The first-order chi connectivity index (χ1) is 14.4. The average molecular weight is 413 g/mol. The molecule has 0 spiro atoms. The van der Waals surface area contributed by atoms with Gasteiger partial charge in [-0.05, 0) is 69.0 Å². The number of rotatable bonds is 4. The zero-order chi connectivity index (χ0) is 21.3. The fourth-order valence-electron chi connectivity index (χ4n) is 3.99. The Kier molecular flexibility index (Phi) is 5.37. The Morgan fingerprint density at radius 2 is 1.70 bits per heavy atom. The van der Waals surface area contributed by atoms with E-state index in [0.29, 0.717) is 41.9 Å². The second-order valence-electron chi connectivity index (χ2n) is 7.32. The van der Waals surface area contributed by atoms with Gasteiger partial charge in [0.15, 0.2) is 5.69 Å². The van der Waals surface area contributed by atoms with Crippen LogP contribution in [0.1, 0.15) is 47.1 Å². The molecule has 4 rings (SSSR count). The number of hydrogen-bond donors (Lipinski definition) is 0. The zero-order valence-electron chi connectivity index (χ0n) is 16.6. The maximum atomic E-state index is 13.4. The molecule has 0 saturated heterocycles. The smallest absolute Gasteiger partial charge is 0.309 e. The molecule has 1 heterocycles. The summed E-state index contributed by atoms with van der Waals surface area (Å²) in [5.74, 6) is -0.159. The van der Waals surface area contributed by atoms with Crippen LogP contribution in [0.25, 0.3) is 5.69 Å². The molecule has 0 radical (unpaired) electrons. The Hall–Kier alpha value is -3.09. The normalized spacial score (nSPS) is 13.7. The molecular formula is C23H22F3N3O. The summed E-state index contributed by atoms with van der Waals surface area (Å²) in [6.45, 7) is 2.40. The van der Waals surface area contributed by atoms with E-state index < -0.39 is 11.9 Å². The standard InChI is InChI=1S/C23H22F3N3O/c1-2-28(17-8-4-3-5-9-17)22(30)16-12-14-18(15-13-16)29-20-11-7-6-10-19(20)21(27-29)23(24,25)26/h3-5,8-9,12-15H,2,6-7,10-11H2,1H3. The van der Waals surface area contributed by atoms with Gasteiger partial charge in [0, 0.05) is 29.1 Å². The number of carbonyl (C=O) groups is 1. The molecule has 1 aliphatic rings. The molecule has 4 nitrogen and oxygen atoms in total. The Morgan fingerprint density at radius 1 is 1.03 bits per heavy atom. The maximum absolute atomic E-state index is 13.4. The first kappa shape index (κ1) is 20.2. The highest BCUT2D eigenvalue weighted by atomic mass is 19.4.